The van der Waals surface area contributed by atoms with Crippen molar-refractivity contribution in [3.05, 3.63) is 45.6 Å². The first-order valence-electron chi connectivity index (χ1n) is 3.48. The zero-order chi connectivity index (χ0) is 8.39. The fraction of sp³-hybridized carbons (Fsp3) is 0. The second kappa shape index (κ2) is 2.95. The van der Waals surface area contributed by atoms with Gasteiger partial charge in [0, 0.05) is 11.6 Å². The van der Waals surface area contributed by atoms with Gasteiger partial charge in [-0.05, 0) is 28.5 Å². The van der Waals surface area contributed by atoms with Gasteiger partial charge < -0.3 is 4.42 Å². The summed E-state index contributed by atoms with van der Waals surface area (Å²) in [5.41, 5.74) is 1.72. The Morgan fingerprint density at radius 2 is 2.08 bits per heavy atom. The average Bonchev–Trinajstić information content (AvgIpc) is 2.58. The van der Waals surface area contributed by atoms with Crippen LogP contribution in [-0.4, -0.2) is 0 Å². The molecule has 0 N–H and O–H groups in total. The molecule has 2 rings (SSSR count). The maximum absolute atomic E-state index is 10.6. The van der Waals surface area contributed by atoms with E-state index in [0.29, 0.717) is 0 Å². The second-order valence-corrected chi connectivity index (χ2v) is 3.14. The van der Waals surface area contributed by atoms with Crippen LogP contribution in [0.3, 0.4) is 0 Å². The molecule has 0 amide bonds. The van der Waals surface area contributed by atoms with E-state index in [1.54, 1.807) is 17.4 Å². The van der Waals surface area contributed by atoms with Crippen LogP contribution in [0.1, 0.15) is 0 Å². The Morgan fingerprint density at radius 1 is 1.17 bits per heavy atom. The van der Waals surface area contributed by atoms with E-state index in [9.17, 15) is 4.79 Å². The van der Waals surface area contributed by atoms with Gasteiger partial charge in [-0.25, -0.2) is 4.79 Å². The van der Waals surface area contributed by atoms with Crippen molar-refractivity contribution in [1.82, 2.24) is 0 Å². The van der Waals surface area contributed by atoms with Crippen molar-refractivity contribution in [1.29, 1.82) is 0 Å². The minimum atomic E-state index is -0.311. The Balaban J connectivity index is 2.49. The van der Waals surface area contributed by atoms with E-state index in [4.69, 9.17) is 4.42 Å². The molecule has 0 bridgehead atoms. The van der Waals surface area contributed by atoms with Crippen molar-refractivity contribution in [2.75, 3.05) is 0 Å². The van der Waals surface area contributed by atoms with Crippen molar-refractivity contribution < 1.29 is 4.42 Å². The molecule has 2 aromatic rings. The number of thiophene rings is 1. The van der Waals surface area contributed by atoms with Crippen LogP contribution >= 0.6 is 11.3 Å². The number of hydrogen-bond donors (Lipinski definition) is 0. The molecule has 0 unspecified atom stereocenters. The first-order chi connectivity index (χ1) is 5.86. The average molecular weight is 178 g/mol. The summed E-state index contributed by atoms with van der Waals surface area (Å²) in [6.07, 6.45) is 1.48. The van der Waals surface area contributed by atoms with Crippen LogP contribution in [0.5, 0.6) is 0 Å². The highest BCUT2D eigenvalue weighted by Crippen LogP contribution is 2.20. The second-order valence-electron chi connectivity index (χ2n) is 2.36. The molecule has 3 heteroatoms. The van der Waals surface area contributed by atoms with Gasteiger partial charge in [-0.15, -0.1) is 0 Å². The predicted octanol–water partition coefficient (Wildman–Crippen LogP) is 2.37. The third kappa shape index (κ3) is 1.31. The zero-order valence-electron chi connectivity index (χ0n) is 6.19. The van der Waals surface area contributed by atoms with E-state index < -0.39 is 0 Å². The molecule has 2 aromatic heterocycles. The van der Waals surface area contributed by atoms with Gasteiger partial charge in [0.05, 0.1) is 0 Å². The Morgan fingerprint density at radius 3 is 2.67 bits per heavy atom. The minimum absolute atomic E-state index is 0.311. The molecule has 0 atom stereocenters. The lowest BCUT2D eigenvalue weighted by Gasteiger charge is -1.92. The molecule has 2 nitrogen and oxygen atoms in total. The fourth-order valence-electron chi connectivity index (χ4n) is 0.951. The molecular formula is C9H6O2S. The lowest BCUT2D eigenvalue weighted by atomic mass is 10.2. The zero-order valence-corrected chi connectivity index (χ0v) is 7.01. The van der Waals surface area contributed by atoms with Gasteiger partial charge in [-0.3, -0.25) is 0 Å². The Bertz CT molecular complexity index is 394. The lowest BCUT2D eigenvalue weighted by Crippen LogP contribution is -1.93. The van der Waals surface area contributed by atoms with E-state index in [2.05, 4.69) is 0 Å². The lowest BCUT2D eigenvalue weighted by molar-refractivity contribution is 0.512. The summed E-state index contributed by atoms with van der Waals surface area (Å²) < 4.78 is 4.73. The van der Waals surface area contributed by atoms with Gasteiger partial charge in [0.1, 0.15) is 6.26 Å². The summed E-state index contributed by atoms with van der Waals surface area (Å²) in [6, 6.07) is 5.17. The molecule has 0 aliphatic rings. The van der Waals surface area contributed by atoms with Gasteiger partial charge in [0.25, 0.3) is 0 Å². The molecule has 0 spiro atoms. The largest absolute Gasteiger partial charge is 0.431 e. The first kappa shape index (κ1) is 7.31. The maximum atomic E-state index is 10.6. The van der Waals surface area contributed by atoms with Crippen LogP contribution in [0.2, 0.25) is 0 Å². The summed E-state index contributed by atoms with van der Waals surface area (Å²) in [5, 5.41) is 4.00. The smallest absolute Gasteiger partial charge is 0.335 e. The highest BCUT2D eigenvalue weighted by Gasteiger charge is 1.97. The van der Waals surface area contributed by atoms with Crippen LogP contribution in [0, 0.1) is 0 Å². The van der Waals surface area contributed by atoms with Gasteiger partial charge >= 0.3 is 5.63 Å². The highest BCUT2D eigenvalue weighted by atomic mass is 32.1. The SMILES string of the molecule is O=c1ccc(-c2ccsc2)co1. The van der Waals surface area contributed by atoms with Gasteiger partial charge in [0.2, 0.25) is 0 Å². The van der Waals surface area contributed by atoms with Gasteiger partial charge in [-0.1, -0.05) is 0 Å². The first-order valence-corrected chi connectivity index (χ1v) is 4.42. The Kier molecular flexibility index (Phi) is 1.80. The molecule has 0 fully saturated rings. The van der Waals surface area contributed by atoms with Crippen molar-refractivity contribution in [3.8, 4) is 11.1 Å². The molecule has 2 heterocycles. The summed E-state index contributed by atoms with van der Waals surface area (Å²) in [4.78, 5) is 10.6. The van der Waals surface area contributed by atoms with Gasteiger partial charge in [-0.2, -0.15) is 11.3 Å². The molecule has 0 aliphatic heterocycles. The summed E-state index contributed by atoms with van der Waals surface area (Å²) in [5.74, 6) is 0. The van der Waals surface area contributed by atoms with E-state index in [1.807, 2.05) is 16.8 Å². The van der Waals surface area contributed by atoms with Gasteiger partial charge in [0.15, 0.2) is 0 Å². The summed E-state index contributed by atoms with van der Waals surface area (Å²) >= 11 is 1.62. The van der Waals surface area contributed by atoms with Crippen LogP contribution in [-0.2, 0) is 0 Å². The molecule has 0 saturated carbocycles. The fourth-order valence-corrected chi connectivity index (χ4v) is 1.62. The molecule has 0 aliphatic carbocycles. The normalized spacial score (nSPS) is 10.0. The van der Waals surface area contributed by atoms with Crippen molar-refractivity contribution >= 4 is 11.3 Å². The highest BCUT2D eigenvalue weighted by molar-refractivity contribution is 7.08. The maximum Gasteiger partial charge on any atom is 0.335 e. The third-order valence-electron chi connectivity index (χ3n) is 1.56. The number of rotatable bonds is 1. The van der Waals surface area contributed by atoms with Crippen LogP contribution in [0.4, 0.5) is 0 Å². The predicted molar refractivity (Wildman–Crippen MR) is 48.3 cm³/mol. The summed E-state index contributed by atoms with van der Waals surface area (Å²) in [7, 11) is 0. The summed E-state index contributed by atoms with van der Waals surface area (Å²) in [6.45, 7) is 0. The van der Waals surface area contributed by atoms with Crippen molar-refractivity contribution in [2.24, 2.45) is 0 Å². The Hall–Kier alpha value is -1.35. The van der Waals surface area contributed by atoms with E-state index in [-0.39, 0.29) is 5.63 Å². The minimum Gasteiger partial charge on any atom is -0.431 e. The molecule has 0 aromatic carbocycles. The van der Waals surface area contributed by atoms with E-state index in [0.717, 1.165) is 11.1 Å². The molecule has 60 valence electrons. The quantitative estimate of drug-likeness (QED) is 0.671. The third-order valence-corrected chi connectivity index (χ3v) is 2.24. The molecule has 0 saturated heterocycles. The molecule has 12 heavy (non-hydrogen) atoms. The van der Waals surface area contributed by atoms with Crippen LogP contribution in [0.25, 0.3) is 11.1 Å². The topological polar surface area (TPSA) is 30.2 Å². The monoisotopic (exact) mass is 178 g/mol. The van der Waals surface area contributed by atoms with E-state index in [1.165, 1.54) is 12.3 Å². The van der Waals surface area contributed by atoms with E-state index >= 15 is 0 Å². The van der Waals surface area contributed by atoms with Crippen molar-refractivity contribution in [3.63, 3.8) is 0 Å². The Labute approximate surface area is 73.1 Å². The van der Waals surface area contributed by atoms with Crippen LogP contribution in [0.15, 0.2) is 44.4 Å². The van der Waals surface area contributed by atoms with Crippen molar-refractivity contribution in [2.45, 2.75) is 0 Å². The molecular weight excluding hydrogens is 172 g/mol. The van der Waals surface area contributed by atoms with Crippen LogP contribution < -0.4 is 5.63 Å². The standard InChI is InChI=1S/C9H6O2S/c10-9-2-1-7(5-11-9)8-3-4-12-6-8/h1-6H. The molecule has 0 radical (unpaired) electrons. The number of hydrogen-bond acceptors (Lipinski definition) is 3.